The van der Waals surface area contributed by atoms with E-state index in [1.807, 2.05) is 11.1 Å². The van der Waals surface area contributed by atoms with E-state index in [-0.39, 0.29) is 6.42 Å². The summed E-state index contributed by atoms with van der Waals surface area (Å²) < 4.78 is 0. The molecule has 76 valence electrons. The van der Waals surface area contributed by atoms with E-state index in [1.165, 1.54) is 11.8 Å². The van der Waals surface area contributed by atoms with Crippen molar-refractivity contribution in [3.63, 3.8) is 0 Å². The lowest BCUT2D eigenvalue weighted by molar-refractivity contribution is -0.137. The smallest absolute Gasteiger partial charge is 0.305 e. The molecule has 2 aliphatic heterocycles. The van der Waals surface area contributed by atoms with E-state index in [0.717, 1.165) is 23.2 Å². The standard InChI is InChI=1S/C8H11N3O2S/c9-5(3-7(12)13)6-4-11-2-1-10-8(11)14-6/h4-5H,1-3,9H2,(H,12,13). The number of aliphatic carboxylic acids is 1. The molecule has 0 bridgehead atoms. The summed E-state index contributed by atoms with van der Waals surface area (Å²) in [6.45, 7) is 1.70. The minimum atomic E-state index is -0.868. The van der Waals surface area contributed by atoms with E-state index in [1.54, 1.807) is 0 Å². The lowest BCUT2D eigenvalue weighted by atomic mass is 10.2. The lowest BCUT2D eigenvalue weighted by Crippen LogP contribution is -2.24. The normalized spacial score (nSPS) is 21.6. The summed E-state index contributed by atoms with van der Waals surface area (Å²) >= 11 is 1.48. The van der Waals surface area contributed by atoms with Crippen molar-refractivity contribution in [2.24, 2.45) is 10.7 Å². The summed E-state index contributed by atoms with van der Waals surface area (Å²) in [5.41, 5.74) is 5.73. The van der Waals surface area contributed by atoms with Gasteiger partial charge in [-0.2, -0.15) is 0 Å². The predicted octanol–water partition coefficient (Wildman–Crippen LogP) is 0.0482. The van der Waals surface area contributed by atoms with Crippen LogP contribution in [0.3, 0.4) is 0 Å². The molecular weight excluding hydrogens is 202 g/mol. The second-order valence-electron chi connectivity index (χ2n) is 3.20. The van der Waals surface area contributed by atoms with Crippen LogP contribution >= 0.6 is 11.8 Å². The van der Waals surface area contributed by atoms with E-state index < -0.39 is 12.0 Å². The van der Waals surface area contributed by atoms with Crippen LogP contribution in [-0.4, -0.2) is 40.3 Å². The van der Waals surface area contributed by atoms with E-state index >= 15 is 0 Å². The minimum Gasteiger partial charge on any atom is -0.481 e. The second kappa shape index (κ2) is 3.62. The first-order valence-corrected chi connectivity index (χ1v) is 5.16. The van der Waals surface area contributed by atoms with E-state index in [9.17, 15) is 4.79 Å². The van der Waals surface area contributed by atoms with Crippen molar-refractivity contribution in [2.45, 2.75) is 12.5 Å². The van der Waals surface area contributed by atoms with Crippen LogP contribution in [0.1, 0.15) is 6.42 Å². The molecule has 0 aromatic heterocycles. The second-order valence-corrected chi connectivity index (χ2v) is 4.24. The Hall–Kier alpha value is -1.01. The first-order chi connectivity index (χ1) is 6.66. The van der Waals surface area contributed by atoms with Gasteiger partial charge in [-0.05, 0) is 0 Å². The highest BCUT2D eigenvalue weighted by Crippen LogP contribution is 2.32. The van der Waals surface area contributed by atoms with Crippen LogP contribution in [0.2, 0.25) is 0 Å². The molecule has 0 fully saturated rings. The van der Waals surface area contributed by atoms with Crippen molar-refractivity contribution in [1.29, 1.82) is 0 Å². The molecule has 0 aromatic carbocycles. The molecule has 3 N–H and O–H groups in total. The Bertz CT molecular complexity index is 327. The maximum atomic E-state index is 10.5. The zero-order chi connectivity index (χ0) is 10.1. The molecule has 0 saturated carbocycles. The van der Waals surface area contributed by atoms with Gasteiger partial charge in [0.15, 0.2) is 5.17 Å². The maximum absolute atomic E-state index is 10.5. The predicted molar refractivity (Wildman–Crippen MR) is 54.9 cm³/mol. The molecule has 0 spiro atoms. The molecule has 0 aliphatic carbocycles. The van der Waals surface area contributed by atoms with Gasteiger partial charge in [-0.3, -0.25) is 9.79 Å². The van der Waals surface area contributed by atoms with Gasteiger partial charge in [0.1, 0.15) is 0 Å². The van der Waals surface area contributed by atoms with Crippen LogP contribution in [0.25, 0.3) is 0 Å². The number of carbonyl (C=O) groups is 1. The molecule has 0 radical (unpaired) electrons. The molecular formula is C8H11N3O2S. The number of fused-ring (bicyclic) bond motifs is 1. The number of amidine groups is 1. The number of hydrogen-bond acceptors (Lipinski definition) is 5. The number of hydrogen-bond donors (Lipinski definition) is 2. The van der Waals surface area contributed by atoms with Gasteiger partial charge in [-0.25, -0.2) is 0 Å². The molecule has 2 heterocycles. The zero-order valence-corrected chi connectivity index (χ0v) is 8.33. The molecule has 0 aromatic rings. The van der Waals surface area contributed by atoms with Crippen LogP contribution < -0.4 is 5.73 Å². The number of nitrogens with zero attached hydrogens (tertiary/aromatic N) is 2. The van der Waals surface area contributed by atoms with Gasteiger partial charge in [0.2, 0.25) is 0 Å². The molecule has 1 unspecified atom stereocenters. The Kier molecular flexibility index (Phi) is 2.47. The Balaban J connectivity index is 2.00. The Morgan fingerprint density at radius 1 is 1.86 bits per heavy atom. The first kappa shape index (κ1) is 9.54. The summed E-state index contributed by atoms with van der Waals surface area (Å²) in [4.78, 5) is 17.6. The SMILES string of the molecule is NC(CC(=O)O)C1=CN2CCN=C2S1. The number of carboxylic acid groups (broad SMARTS) is 1. The first-order valence-electron chi connectivity index (χ1n) is 4.35. The van der Waals surface area contributed by atoms with E-state index in [4.69, 9.17) is 10.8 Å². The fraction of sp³-hybridized carbons (Fsp3) is 0.500. The van der Waals surface area contributed by atoms with Gasteiger partial charge in [0.05, 0.1) is 13.0 Å². The molecule has 6 heteroatoms. The molecule has 1 atom stereocenters. The average molecular weight is 213 g/mol. The van der Waals surface area contributed by atoms with Gasteiger partial charge >= 0.3 is 5.97 Å². The third kappa shape index (κ3) is 1.76. The number of carboxylic acids is 1. The van der Waals surface area contributed by atoms with Crippen LogP contribution in [-0.2, 0) is 4.79 Å². The molecule has 0 amide bonds. The van der Waals surface area contributed by atoms with E-state index in [2.05, 4.69) is 4.99 Å². The molecule has 2 rings (SSSR count). The van der Waals surface area contributed by atoms with Crippen LogP contribution in [0.4, 0.5) is 0 Å². The number of rotatable bonds is 3. The number of thioether (sulfide) groups is 1. The van der Waals surface area contributed by atoms with Gasteiger partial charge in [0, 0.05) is 23.7 Å². The van der Waals surface area contributed by atoms with Crippen molar-refractivity contribution in [1.82, 2.24) is 4.90 Å². The Labute approximate surface area is 85.7 Å². The lowest BCUT2D eigenvalue weighted by Gasteiger charge is -2.07. The van der Waals surface area contributed by atoms with Crippen molar-refractivity contribution < 1.29 is 9.90 Å². The fourth-order valence-electron chi connectivity index (χ4n) is 1.40. The van der Waals surface area contributed by atoms with Crippen LogP contribution in [0.15, 0.2) is 16.1 Å². The molecule has 2 aliphatic rings. The number of aliphatic imine (C=N–C) groups is 1. The summed E-state index contributed by atoms with van der Waals surface area (Å²) in [6.07, 6.45) is 1.88. The van der Waals surface area contributed by atoms with Gasteiger partial charge in [-0.15, -0.1) is 0 Å². The van der Waals surface area contributed by atoms with Crippen LogP contribution in [0.5, 0.6) is 0 Å². The van der Waals surface area contributed by atoms with Gasteiger partial charge in [0.25, 0.3) is 0 Å². The summed E-state index contributed by atoms with van der Waals surface area (Å²) in [7, 11) is 0. The van der Waals surface area contributed by atoms with Crippen LogP contribution in [0, 0.1) is 0 Å². The highest BCUT2D eigenvalue weighted by molar-refractivity contribution is 8.17. The summed E-state index contributed by atoms with van der Waals surface area (Å²) in [6, 6.07) is -0.411. The fourth-order valence-corrected chi connectivity index (χ4v) is 2.44. The maximum Gasteiger partial charge on any atom is 0.305 e. The highest BCUT2D eigenvalue weighted by Gasteiger charge is 2.28. The molecule has 14 heavy (non-hydrogen) atoms. The van der Waals surface area contributed by atoms with Gasteiger partial charge < -0.3 is 15.7 Å². The minimum absolute atomic E-state index is 0.0278. The Morgan fingerprint density at radius 2 is 2.64 bits per heavy atom. The topological polar surface area (TPSA) is 78.9 Å². The third-order valence-corrected chi connectivity index (χ3v) is 3.28. The molecule has 0 saturated heterocycles. The number of nitrogens with two attached hydrogens (primary N) is 1. The quantitative estimate of drug-likeness (QED) is 0.692. The van der Waals surface area contributed by atoms with Crippen molar-refractivity contribution in [3.8, 4) is 0 Å². The Morgan fingerprint density at radius 3 is 3.29 bits per heavy atom. The summed E-state index contributed by atoms with van der Waals surface area (Å²) in [5.74, 6) is -0.868. The van der Waals surface area contributed by atoms with Crippen molar-refractivity contribution in [3.05, 3.63) is 11.1 Å². The van der Waals surface area contributed by atoms with Crippen molar-refractivity contribution in [2.75, 3.05) is 13.1 Å². The largest absolute Gasteiger partial charge is 0.481 e. The third-order valence-electron chi connectivity index (χ3n) is 2.09. The average Bonchev–Trinajstić information content (AvgIpc) is 2.58. The molecule has 5 nitrogen and oxygen atoms in total. The van der Waals surface area contributed by atoms with Crippen molar-refractivity contribution >= 4 is 22.9 Å². The van der Waals surface area contributed by atoms with E-state index in [0.29, 0.717) is 0 Å². The zero-order valence-electron chi connectivity index (χ0n) is 7.51. The summed E-state index contributed by atoms with van der Waals surface area (Å²) in [5, 5.41) is 9.53. The highest BCUT2D eigenvalue weighted by atomic mass is 32.2. The monoisotopic (exact) mass is 213 g/mol. The van der Waals surface area contributed by atoms with Gasteiger partial charge in [-0.1, -0.05) is 11.8 Å².